The number of hydrogen-bond donors (Lipinski definition) is 1. The van der Waals surface area contributed by atoms with E-state index in [1.54, 1.807) is 23.7 Å². The van der Waals surface area contributed by atoms with Crippen LogP contribution >= 0.6 is 11.3 Å². The van der Waals surface area contributed by atoms with Gasteiger partial charge in [-0.15, -0.1) is 11.3 Å². The van der Waals surface area contributed by atoms with Crippen molar-refractivity contribution in [3.8, 4) is 0 Å². The fourth-order valence-electron chi connectivity index (χ4n) is 3.40. The van der Waals surface area contributed by atoms with Gasteiger partial charge < -0.3 is 9.80 Å². The molecule has 1 atom stereocenters. The lowest BCUT2D eigenvalue weighted by Crippen LogP contribution is -2.51. The summed E-state index contributed by atoms with van der Waals surface area (Å²) in [4.78, 5) is 26.6. The van der Waals surface area contributed by atoms with Crippen LogP contribution in [0.15, 0.2) is 66.3 Å². The summed E-state index contributed by atoms with van der Waals surface area (Å²) in [5.74, 6) is 0.862. The van der Waals surface area contributed by atoms with Crippen LogP contribution in [0, 0.1) is 0 Å². The molecule has 1 saturated heterocycles. The number of benzene rings is 1. The van der Waals surface area contributed by atoms with Crippen molar-refractivity contribution in [2.75, 3.05) is 37.6 Å². The van der Waals surface area contributed by atoms with E-state index in [4.69, 9.17) is 0 Å². The molecule has 0 bridgehead atoms. The Morgan fingerprint density at radius 3 is 2.43 bits per heavy atom. The number of anilines is 1. The summed E-state index contributed by atoms with van der Waals surface area (Å²) in [5, 5.41) is 5.53. The van der Waals surface area contributed by atoms with Gasteiger partial charge in [0.2, 0.25) is 11.9 Å². The van der Waals surface area contributed by atoms with E-state index in [-0.39, 0.29) is 11.9 Å². The Bertz CT molecular complexity index is 864. The van der Waals surface area contributed by atoms with Crippen molar-refractivity contribution in [3.63, 3.8) is 0 Å². The minimum Gasteiger partial charge on any atom is -0.338 e. The molecule has 1 aromatic carbocycles. The summed E-state index contributed by atoms with van der Waals surface area (Å²) in [5.41, 5.74) is 1.17. The van der Waals surface area contributed by atoms with Crippen LogP contribution in [0.5, 0.6) is 0 Å². The molecule has 0 radical (unpaired) electrons. The molecule has 0 spiro atoms. The number of carbonyl (C=O) groups excluding carboxylic acids is 1. The molecular weight excluding hydrogens is 370 g/mol. The highest BCUT2D eigenvalue weighted by Gasteiger charge is 2.23. The van der Waals surface area contributed by atoms with Crippen LogP contribution in [0.4, 0.5) is 5.95 Å². The van der Waals surface area contributed by atoms with E-state index in [2.05, 4.69) is 43.8 Å². The Kier molecular flexibility index (Phi) is 5.94. The largest absolute Gasteiger partial charge is 0.338 e. The quantitative estimate of drug-likeness (QED) is 0.697. The predicted octanol–water partition coefficient (Wildman–Crippen LogP) is 2.57. The summed E-state index contributed by atoms with van der Waals surface area (Å²) in [6.07, 6.45) is 3.50. The molecule has 7 heteroatoms. The van der Waals surface area contributed by atoms with E-state index < -0.39 is 0 Å². The van der Waals surface area contributed by atoms with Gasteiger partial charge in [0.1, 0.15) is 0 Å². The minimum absolute atomic E-state index is 0.0316. The lowest BCUT2D eigenvalue weighted by Gasteiger charge is -2.35. The van der Waals surface area contributed by atoms with Gasteiger partial charge in [-0.3, -0.25) is 10.1 Å². The first kappa shape index (κ1) is 18.6. The first-order valence-electron chi connectivity index (χ1n) is 9.43. The Labute approximate surface area is 168 Å². The number of aromatic nitrogens is 2. The van der Waals surface area contributed by atoms with Gasteiger partial charge >= 0.3 is 0 Å². The van der Waals surface area contributed by atoms with Crippen LogP contribution in [0.2, 0.25) is 0 Å². The van der Waals surface area contributed by atoms with E-state index in [9.17, 15) is 4.79 Å². The molecule has 1 amide bonds. The third-order valence-corrected chi connectivity index (χ3v) is 5.82. The summed E-state index contributed by atoms with van der Waals surface area (Å²) in [6, 6.07) is 16.3. The van der Waals surface area contributed by atoms with Crippen molar-refractivity contribution in [1.29, 1.82) is 0 Å². The number of amides is 1. The van der Waals surface area contributed by atoms with Crippen LogP contribution in [0.3, 0.4) is 0 Å². The number of carbonyl (C=O) groups is 1. The molecule has 0 aliphatic carbocycles. The van der Waals surface area contributed by atoms with Crippen LogP contribution in [0.1, 0.15) is 16.5 Å². The van der Waals surface area contributed by atoms with E-state index in [0.717, 1.165) is 19.0 Å². The zero-order valence-electron chi connectivity index (χ0n) is 15.6. The molecule has 3 heterocycles. The lowest BCUT2D eigenvalue weighted by atomic mass is 10.1. The van der Waals surface area contributed by atoms with Gasteiger partial charge in [0, 0.05) is 43.4 Å². The number of nitrogens with one attached hydrogen (secondary N) is 1. The van der Waals surface area contributed by atoms with Crippen molar-refractivity contribution in [3.05, 3.63) is 76.7 Å². The molecule has 0 unspecified atom stereocenters. The SMILES string of the molecule is O=C(CN[C@H](c1ccccc1)c1cccs1)N1CCN(c2ncccn2)CC1. The van der Waals surface area contributed by atoms with Crippen LogP contribution in [0.25, 0.3) is 0 Å². The Morgan fingerprint density at radius 1 is 1.00 bits per heavy atom. The van der Waals surface area contributed by atoms with E-state index in [0.29, 0.717) is 19.6 Å². The Balaban J connectivity index is 1.34. The van der Waals surface area contributed by atoms with E-state index >= 15 is 0 Å². The van der Waals surface area contributed by atoms with Gasteiger partial charge in [0.25, 0.3) is 0 Å². The zero-order chi connectivity index (χ0) is 19.2. The van der Waals surface area contributed by atoms with Crippen molar-refractivity contribution >= 4 is 23.2 Å². The number of hydrogen-bond acceptors (Lipinski definition) is 6. The van der Waals surface area contributed by atoms with Gasteiger partial charge in [0.15, 0.2) is 0 Å². The fourth-order valence-corrected chi connectivity index (χ4v) is 4.22. The smallest absolute Gasteiger partial charge is 0.236 e. The highest BCUT2D eigenvalue weighted by Crippen LogP contribution is 2.25. The third kappa shape index (κ3) is 4.37. The first-order chi connectivity index (χ1) is 13.8. The fraction of sp³-hybridized carbons (Fsp3) is 0.286. The van der Waals surface area contributed by atoms with Gasteiger partial charge in [-0.1, -0.05) is 36.4 Å². The molecule has 6 nitrogen and oxygen atoms in total. The van der Waals surface area contributed by atoms with Gasteiger partial charge in [0.05, 0.1) is 12.6 Å². The molecule has 28 heavy (non-hydrogen) atoms. The third-order valence-electron chi connectivity index (χ3n) is 4.89. The van der Waals surface area contributed by atoms with E-state index in [1.165, 1.54) is 10.4 Å². The van der Waals surface area contributed by atoms with Crippen molar-refractivity contribution in [2.45, 2.75) is 6.04 Å². The molecule has 144 valence electrons. The van der Waals surface area contributed by atoms with Crippen molar-refractivity contribution < 1.29 is 4.79 Å². The van der Waals surface area contributed by atoms with Gasteiger partial charge in [-0.05, 0) is 23.1 Å². The second kappa shape index (κ2) is 8.95. The monoisotopic (exact) mass is 393 g/mol. The Hall–Kier alpha value is -2.77. The number of piperazine rings is 1. The maximum Gasteiger partial charge on any atom is 0.236 e. The Morgan fingerprint density at radius 2 is 1.75 bits per heavy atom. The van der Waals surface area contributed by atoms with Crippen LogP contribution < -0.4 is 10.2 Å². The van der Waals surface area contributed by atoms with Crippen LogP contribution in [-0.4, -0.2) is 53.5 Å². The number of nitrogens with zero attached hydrogens (tertiary/aromatic N) is 4. The topological polar surface area (TPSA) is 61.4 Å². The average Bonchev–Trinajstić information content (AvgIpc) is 3.30. The van der Waals surface area contributed by atoms with Gasteiger partial charge in [-0.25, -0.2) is 9.97 Å². The van der Waals surface area contributed by atoms with Crippen molar-refractivity contribution in [1.82, 2.24) is 20.2 Å². The second-order valence-corrected chi connectivity index (χ2v) is 7.64. The average molecular weight is 394 g/mol. The van der Waals surface area contributed by atoms with Crippen molar-refractivity contribution in [2.24, 2.45) is 0 Å². The molecule has 1 fully saturated rings. The molecule has 0 saturated carbocycles. The molecule has 3 aromatic rings. The molecular formula is C21H23N5OS. The molecule has 1 aliphatic heterocycles. The standard InChI is InChI=1S/C21H23N5OS/c27-19(25-11-13-26(14-12-25)21-22-9-5-10-23-21)16-24-20(18-8-4-15-28-18)17-6-2-1-3-7-17/h1-10,15,20,24H,11-14,16H2/t20-/m1/s1. The van der Waals surface area contributed by atoms with E-state index in [1.807, 2.05) is 35.2 Å². The summed E-state index contributed by atoms with van der Waals surface area (Å²) < 4.78 is 0. The second-order valence-electron chi connectivity index (χ2n) is 6.66. The number of thiophene rings is 1. The summed E-state index contributed by atoms with van der Waals surface area (Å²) in [6.45, 7) is 3.20. The highest BCUT2D eigenvalue weighted by molar-refractivity contribution is 7.10. The molecule has 1 N–H and O–H groups in total. The highest BCUT2D eigenvalue weighted by atomic mass is 32.1. The zero-order valence-corrected chi connectivity index (χ0v) is 16.4. The summed E-state index contributed by atoms with van der Waals surface area (Å²) >= 11 is 1.70. The maximum atomic E-state index is 12.8. The van der Waals surface area contributed by atoms with Gasteiger partial charge in [-0.2, -0.15) is 0 Å². The molecule has 4 rings (SSSR count). The maximum absolute atomic E-state index is 12.8. The molecule has 1 aliphatic rings. The lowest BCUT2D eigenvalue weighted by molar-refractivity contribution is -0.130. The summed E-state index contributed by atoms with van der Waals surface area (Å²) in [7, 11) is 0. The number of rotatable bonds is 6. The normalized spacial score (nSPS) is 15.4. The minimum atomic E-state index is 0.0316. The predicted molar refractivity (Wildman–Crippen MR) is 111 cm³/mol. The first-order valence-corrected chi connectivity index (χ1v) is 10.3. The molecule has 2 aromatic heterocycles. The van der Waals surface area contributed by atoms with Crippen LogP contribution in [-0.2, 0) is 4.79 Å².